The molecule has 0 saturated heterocycles. The van der Waals surface area contributed by atoms with Gasteiger partial charge in [-0.05, 0) is 45.2 Å². The van der Waals surface area contributed by atoms with E-state index in [0.717, 1.165) is 6.42 Å². The normalized spacial score (nSPS) is 19.5. The van der Waals surface area contributed by atoms with Gasteiger partial charge in [0, 0.05) is 11.5 Å². The number of hydrogen-bond acceptors (Lipinski definition) is 1. The molecule has 0 bridgehead atoms. The smallest absolute Gasteiger partial charge is 0.0164 e. The molecule has 2 rings (SSSR count). The molecule has 110 valence electrons. The van der Waals surface area contributed by atoms with Crippen molar-refractivity contribution in [1.29, 1.82) is 0 Å². The molecule has 0 aromatic heterocycles. The monoisotopic (exact) mass is 271 g/mol. The Morgan fingerprint density at radius 2 is 1.85 bits per heavy atom. The minimum Gasteiger partial charge on any atom is -0.316 e. The molecule has 1 aromatic carbocycles. The fourth-order valence-electron chi connectivity index (χ4n) is 3.88. The molecule has 0 amide bonds. The van der Waals surface area contributed by atoms with Gasteiger partial charge < -0.3 is 5.32 Å². The maximum absolute atomic E-state index is 4.07. The van der Waals surface area contributed by atoms with E-state index in [4.69, 9.17) is 0 Å². The summed E-state index contributed by atoms with van der Waals surface area (Å²) in [6, 6.07) is 11.7. The number of hydrogen-bond donors (Lipinski definition) is 1. The van der Waals surface area contributed by atoms with Crippen molar-refractivity contribution in [3.8, 4) is 0 Å². The molecule has 1 atom stereocenters. The van der Waals surface area contributed by atoms with Gasteiger partial charge in [0.1, 0.15) is 0 Å². The lowest BCUT2D eigenvalue weighted by atomic mass is 9.64. The first kappa shape index (κ1) is 15.3. The molecule has 20 heavy (non-hydrogen) atoms. The predicted molar refractivity (Wildman–Crippen MR) is 88.1 cm³/mol. The van der Waals surface area contributed by atoms with E-state index in [9.17, 15) is 0 Å². The Morgan fingerprint density at radius 1 is 1.20 bits per heavy atom. The van der Waals surface area contributed by atoms with Gasteiger partial charge in [0.2, 0.25) is 0 Å². The van der Waals surface area contributed by atoms with Crippen LogP contribution in [0.1, 0.15) is 57.4 Å². The number of allylic oxidation sites excluding steroid dienone is 1. The second kappa shape index (κ2) is 7.08. The molecule has 1 aliphatic rings. The number of benzene rings is 1. The van der Waals surface area contributed by atoms with Crippen molar-refractivity contribution in [2.45, 2.75) is 63.3 Å². The van der Waals surface area contributed by atoms with Gasteiger partial charge in [-0.2, -0.15) is 0 Å². The van der Waals surface area contributed by atoms with Crippen molar-refractivity contribution in [3.63, 3.8) is 0 Å². The van der Waals surface area contributed by atoms with Crippen molar-refractivity contribution in [3.05, 3.63) is 48.0 Å². The van der Waals surface area contributed by atoms with E-state index in [-0.39, 0.29) is 0 Å². The van der Waals surface area contributed by atoms with Crippen LogP contribution in [-0.2, 0) is 5.41 Å². The van der Waals surface area contributed by atoms with Gasteiger partial charge >= 0.3 is 0 Å². The molecule has 1 unspecified atom stereocenters. The first-order valence-corrected chi connectivity index (χ1v) is 8.06. The maximum Gasteiger partial charge on any atom is 0.0164 e. The summed E-state index contributed by atoms with van der Waals surface area (Å²) in [5.41, 5.74) is 3.15. The van der Waals surface area contributed by atoms with E-state index < -0.39 is 0 Å². The molecule has 1 fully saturated rings. The first-order valence-electron chi connectivity index (χ1n) is 8.06. The van der Waals surface area contributed by atoms with Crippen LogP contribution in [0.2, 0.25) is 0 Å². The fourth-order valence-corrected chi connectivity index (χ4v) is 3.88. The minimum atomic E-state index is 0.323. The van der Waals surface area contributed by atoms with Gasteiger partial charge in [-0.3, -0.25) is 0 Å². The van der Waals surface area contributed by atoms with Crippen LogP contribution in [-0.4, -0.2) is 13.1 Å². The third-order valence-corrected chi connectivity index (χ3v) is 4.97. The highest BCUT2D eigenvalue weighted by Gasteiger charge is 2.40. The largest absolute Gasteiger partial charge is 0.316 e. The quantitative estimate of drug-likeness (QED) is 0.731. The van der Waals surface area contributed by atoms with E-state index in [1.54, 1.807) is 0 Å². The van der Waals surface area contributed by atoms with Crippen molar-refractivity contribution in [2.75, 3.05) is 7.05 Å². The molecule has 1 saturated carbocycles. The first-order chi connectivity index (χ1) is 9.69. The van der Waals surface area contributed by atoms with Crippen LogP contribution in [0.15, 0.2) is 42.5 Å². The highest BCUT2D eigenvalue weighted by molar-refractivity contribution is 5.28. The molecule has 0 radical (unpaired) electrons. The molecule has 1 aliphatic carbocycles. The van der Waals surface area contributed by atoms with E-state index in [0.29, 0.717) is 11.5 Å². The lowest BCUT2D eigenvalue weighted by Gasteiger charge is -2.44. The van der Waals surface area contributed by atoms with Gasteiger partial charge in [-0.15, -0.1) is 6.58 Å². The molecule has 1 N–H and O–H groups in total. The van der Waals surface area contributed by atoms with Crippen LogP contribution < -0.4 is 5.32 Å². The summed E-state index contributed by atoms with van der Waals surface area (Å²) in [6.45, 7) is 6.22. The number of likely N-dealkylation sites (N-methyl/N-ethyl adjacent to an activating group) is 1. The van der Waals surface area contributed by atoms with E-state index in [1.165, 1.54) is 49.7 Å². The maximum atomic E-state index is 4.07. The summed E-state index contributed by atoms with van der Waals surface area (Å²) in [7, 11) is 2.13. The summed E-state index contributed by atoms with van der Waals surface area (Å²) in [4.78, 5) is 0. The summed E-state index contributed by atoms with van der Waals surface area (Å²) in [6.07, 6.45) is 9.07. The standard InChI is InChI=1S/C19H29N/c1-16(2)12-13-18(20-3)19(14-8-5-9-15-19)17-10-6-4-7-11-17/h4,6-7,10-11,18,20H,1,5,8-9,12-15H2,2-3H3. The molecule has 0 aliphatic heterocycles. The topological polar surface area (TPSA) is 12.0 Å². The third-order valence-electron chi connectivity index (χ3n) is 4.97. The van der Waals surface area contributed by atoms with Crippen LogP contribution in [0.4, 0.5) is 0 Å². The van der Waals surface area contributed by atoms with Crippen molar-refractivity contribution in [2.24, 2.45) is 0 Å². The Labute approximate surface area is 124 Å². The molecule has 1 aromatic rings. The lowest BCUT2D eigenvalue weighted by molar-refractivity contribution is 0.211. The molecular weight excluding hydrogens is 242 g/mol. The third kappa shape index (κ3) is 3.32. The van der Waals surface area contributed by atoms with Crippen molar-refractivity contribution >= 4 is 0 Å². The van der Waals surface area contributed by atoms with Crippen LogP contribution >= 0.6 is 0 Å². The zero-order chi connectivity index (χ0) is 14.4. The van der Waals surface area contributed by atoms with E-state index in [2.05, 4.69) is 56.2 Å². The summed E-state index contributed by atoms with van der Waals surface area (Å²) in [5, 5.41) is 3.63. The molecular formula is C19H29N. The Balaban J connectivity index is 2.27. The van der Waals surface area contributed by atoms with Gasteiger partial charge in [0.05, 0.1) is 0 Å². The second-order valence-electron chi connectivity index (χ2n) is 6.42. The summed E-state index contributed by atoms with van der Waals surface area (Å²) in [5.74, 6) is 0. The summed E-state index contributed by atoms with van der Waals surface area (Å²) >= 11 is 0. The highest BCUT2D eigenvalue weighted by Crippen LogP contribution is 2.43. The minimum absolute atomic E-state index is 0.323. The average Bonchev–Trinajstić information content (AvgIpc) is 2.49. The Morgan fingerprint density at radius 3 is 2.40 bits per heavy atom. The Hall–Kier alpha value is -1.08. The van der Waals surface area contributed by atoms with Crippen LogP contribution in [0, 0.1) is 0 Å². The zero-order valence-corrected chi connectivity index (χ0v) is 13.1. The number of rotatable bonds is 6. The lowest BCUT2D eigenvalue weighted by Crippen LogP contribution is -2.48. The summed E-state index contributed by atoms with van der Waals surface area (Å²) < 4.78 is 0. The second-order valence-corrected chi connectivity index (χ2v) is 6.42. The average molecular weight is 271 g/mol. The van der Waals surface area contributed by atoms with Gasteiger partial charge in [0.15, 0.2) is 0 Å². The molecule has 1 heteroatoms. The van der Waals surface area contributed by atoms with E-state index >= 15 is 0 Å². The van der Waals surface area contributed by atoms with Crippen molar-refractivity contribution < 1.29 is 0 Å². The SMILES string of the molecule is C=C(C)CCC(NC)C1(c2ccccc2)CCCCC1. The highest BCUT2D eigenvalue weighted by atomic mass is 14.9. The predicted octanol–water partition coefficient (Wildman–Crippen LogP) is 4.83. The molecule has 0 heterocycles. The Bertz CT molecular complexity index is 415. The van der Waals surface area contributed by atoms with Crippen LogP contribution in [0.3, 0.4) is 0 Å². The molecule has 0 spiro atoms. The molecule has 1 nitrogen and oxygen atoms in total. The Kier molecular flexibility index (Phi) is 5.42. The van der Waals surface area contributed by atoms with E-state index in [1.807, 2.05) is 0 Å². The van der Waals surface area contributed by atoms with Crippen LogP contribution in [0.5, 0.6) is 0 Å². The van der Waals surface area contributed by atoms with Crippen LogP contribution in [0.25, 0.3) is 0 Å². The number of nitrogens with one attached hydrogen (secondary N) is 1. The zero-order valence-electron chi connectivity index (χ0n) is 13.1. The van der Waals surface area contributed by atoms with Gasteiger partial charge in [-0.1, -0.05) is 55.2 Å². The van der Waals surface area contributed by atoms with Crippen molar-refractivity contribution in [1.82, 2.24) is 5.32 Å². The fraction of sp³-hybridized carbons (Fsp3) is 0.579. The van der Waals surface area contributed by atoms with Gasteiger partial charge in [0.25, 0.3) is 0 Å². The van der Waals surface area contributed by atoms with Gasteiger partial charge in [-0.25, -0.2) is 0 Å².